The molecule has 3 N–H and O–H groups in total. The van der Waals surface area contributed by atoms with Gasteiger partial charge in [0, 0.05) is 6.54 Å². The number of rotatable bonds is 5. The first kappa shape index (κ1) is 12.9. The van der Waals surface area contributed by atoms with Gasteiger partial charge >= 0.3 is 0 Å². The zero-order valence-corrected chi connectivity index (χ0v) is 10.1. The SMILES string of the molecule is CN(Cc1nc2ccc(F)cc2[nH]1)CC(O)CO. The maximum atomic E-state index is 13.0. The van der Waals surface area contributed by atoms with E-state index in [0.29, 0.717) is 29.9 Å². The molecule has 1 aromatic heterocycles. The molecule has 98 valence electrons. The third-order valence-electron chi connectivity index (χ3n) is 2.65. The molecule has 0 fully saturated rings. The fraction of sp³-hybridized carbons (Fsp3) is 0.417. The quantitative estimate of drug-likeness (QED) is 0.725. The van der Waals surface area contributed by atoms with Crippen molar-refractivity contribution in [3.8, 4) is 0 Å². The number of likely N-dealkylation sites (N-methyl/N-ethyl adjacent to an activating group) is 1. The lowest BCUT2D eigenvalue weighted by Gasteiger charge is -2.17. The highest BCUT2D eigenvalue weighted by Gasteiger charge is 2.10. The molecule has 1 atom stereocenters. The Labute approximate surface area is 104 Å². The van der Waals surface area contributed by atoms with Crippen molar-refractivity contribution in [1.29, 1.82) is 0 Å². The maximum Gasteiger partial charge on any atom is 0.125 e. The number of fused-ring (bicyclic) bond motifs is 1. The summed E-state index contributed by atoms with van der Waals surface area (Å²) in [7, 11) is 1.81. The van der Waals surface area contributed by atoms with Crippen molar-refractivity contribution < 1.29 is 14.6 Å². The molecular weight excluding hydrogens is 237 g/mol. The van der Waals surface area contributed by atoms with Crippen LogP contribution in [0.5, 0.6) is 0 Å². The molecule has 6 heteroatoms. The molecular formula is C12H16FN3O2. The summed E-state index contributed by atoms with van der Waals surface area (Å²) in [5.74, 6) is 0.394. The number of aromatic amines is 1. The highest BCUT2D eigenvalue weighted by atomic mass is 19.1. The van der Waals surface area contributed by atoms with Crippen LogP contribution in [-0.2, 0) is 6.54 Å². The summed E-state index contributed by atoms with van der Waals surface area (Å²) < 4.78 is 13.0. The van der Waals surface area contributed by atoms with Crippen LogP contribution in [0, 0.1) is 5.82 Å². The number of aliphatic hydroxyl groups excluding tert-OH is 2. The number of aliphatic hydroxyl groups is 2. The molecule has 2 aromatic rings. The molecule has 0 spiro atoms. The molecule has 0 radical (unpaired) electrons. The molecule has 0 aliphatic carbocycles. The van der Waals surface area contributed by atoms with Crippen molar-refractivity contribution in [2.24, 2.45) is 0 Å². The van der Waals surface area contributed by atoms with E-state index in [1.54, 1.807) is 6.07 Å². The lowest BCUT2D eigenvalue weighted by molar-refractivity contribution is 0.0642. The average molecular weight is 253 g/mol. The Balaban J connectivity index is 2.07. The first-order chi connectivity index (χ1) is 8.58. The van der Waals surface area contributed by atoms with E-state index in [4.69, 9.17) is 5.11 Å². The number of H-pyrrole nitrogens is 1. The van der Waals surface area contributed by atoms with Crippen LogP contribution in [0.4, 0.5) is 4.39 Å². The van der Waals surface area contributed by atoms with Gasteiger partial charge in [0.25, 0.3) is 0 Å². The van der Waals surface area contributed by atoms with Gasteiger partial charge in [0.05, 0.1) is 30.3 Å². The van der Waals surface area contributed by atoms with E-state index in [0.717, 1.165) is 0 Å². The lowest BCUT2D eigenvalue weighted by atomic mass is 10.3. The minimum absolute atomic E-state index is 0.268. The van der Waals surface area contributed by atoms with Gasteiger partial charge in [-0.25, -0.2) is 9.37 Å². The van der Waals surface area contributed by atoms with Gasteiger partial charge in [-0.15, -0.1) is 0 Å². The zero-order chi connectivity index (χ0) is 13.1. The van der Waals surface area contributed by atoms with Gasteiger partial charge in [-0.2, -0.15) is 0 Å². The van der Waals surface area contributed by atoms with Gasteiger partial charge in [-0.1, -0.05) is 0 Å². The molecule has 5 nitrogen and oxygen atoms in total. The third-order valence-corrected chi connectivity index (χ3v) is 2.65. The third kappa shape index (κ3) is 3.04. The predicted octanol–water partition coefficient (Wildman–Crippen LogP) is 0.487. The molecule has 0 aliphatic heterocycles. The summed E-state index contributed by atoms with van der Waals surface area (Å²) in [4.78, 5) is 9.17. The standard InChI is InChI=1S/C12H16FN3O2/c1-16(5-9(18)7-17)6-12-14-10-3-2-8(13)4-11(10)15-12/h2-4,9,17-18H,5-7H2,1H3,(H,14,15). The normalized spacial score (nSPS) is 13.4. The van der Waals surface area contributed by atoms with Gasteiger partial charge in [0.15, 0.2) is 0 Å². The van der Waals surface area contributed by atoms with Crippen molar-refractivity contribution in [2.75, 3.05) is 20.2 Å². The summed E-state index contributed by atoms with van der Waals surface area (Å²) in [5.41, 5.74) is 1.36. The summed E-state index contributed by atoms with van der Waals surface area (Å²) in [6.07, 6.45) is -0.767. The van der Waals surface area contributed by atoms with E-state index in [-0.39, 0.29) is 12.4 Å². The smallest absolute Gasteiger partial charge is 0.125 e. The number of halogens is 1. The summed E-state index contributed by atoms with van der Waals surface area (Å²) >= 11 is 0. The number of imidazole rings is 1. The second kappa shape index (κ2) is 5.43. The Morgan fingerprint density at radius 1 is 1.50 bits per heavy atom. The highest BCUT2D eigenvalue weighted by Crippen LogP contribution is 2.13. The van der Waals surface area contributed by atoms with Crippen molar-refractivity contribution in [1.82, 2.24) is 14.9 Å². The van der Waals surface area contributed by atoms with Gasteiger partial charge in [0.2, 0.25) is 0 Å². The lowest BCUT2D eigenvalue weighted by Crippen LogP contribution is -2.31. The summed E-state index contributed by atoms with van der Waals surface area (Å²) in [6.45, 7) is 0.574. The molecule has 0 aliphatic rings. The van der Waals surface area contributed by atoms with E-state index in [9.17, 15) is 9.50 Å². The molecule has 1 aromatic carbocycles. The topological polar surface area (TPSA) is 72.4 Å². The highest BCUT2D eigenvalue weighted by molar-refractivity contribution is 5.74. The molecule has 1 unspecified atom stereocenters. The van der Waals surface area contributed by atoms with Gasteiger partial charge in [-0.05, 0) is 25.2 Å². The van der Waals surface area contributed by atoms with Crippen LogP contribution in [0.2, 0.25) is 0 Å². The largest absolute Gasteiger partial charge is 0.394 e. The molecule has 0 bridgehead atoms. The Kier molecular flexibility index (Phi) is 3.90. The number of hydrogen-bond acceptors (Lipinski definition) is 4. The summed E-state index contributed by atoms with van der Waals surface area (Å²) in [5, 5.41) is 18.1. The van der Waals surface area contributed by atoms with E-state index in [1.807, 2.05) is 11.9 Å². The molecule has 2 rings (SSSR count). The minimum Gasteiger partial charge on any atom is -0.394 e. The van der Waals surface area contributed by atoms with Crippen LogP contribution in [0.1, 0.15) is 5.82 Å². The Bertz CT molecular complexity index is 529. The van der Waals surface area contributed by atoms with Gasteiger partial charge < -0.3 is 15.2 Å². The van der Waals surface area contributed by atoms with Crippen LogP contribution in [0.25, 0.3) is 11.0 Å². The van der Waals surface area contributed by atoms with Crippen LogP contribution < -0.4 is 0 Å². The fourth-order valence-electron chi connectivity index (χ4n) is 1.85. The maximum absolute atomic E-state index is 13.0. The van der Waals surface area contributed by atoms with Crippen molar-refractivity contribution in [2.45, 2.75) is 12.6 Å². The van der Waals surface area contributed by atoms with Crippen LogP contribution in [-0.4, -0.2) is 51.4 Å². The monoisotopic (exact) mass is 253 g/mol. The molecule has 18 heavy (non-hydrogen) atoms. The second-order valence-corrected chi connectivity index (χ2v) is 4.38. The van der Waals surface area contributed by atoms with Gasteiger partial charge in [0.1, 0.15) is 11.6 Å². The van der Waals surface area contributed by atoms with Crippen molar-refractivity contribution in [3.63, 3.8) is 0 Å². The second-order valence-electron chi connectivity index (χ2n) is 4.38. The van der Waals surface area contributed by atoms with E-state index < -0.39 is 6.10 Å². The molecule has 0 saturated heterocycles. The van der Waals surface area contributed by atoms with Crippen molar-refractivity contribution in [3.05, 3.63) is 29.8 Å². The number of nitrogens with one attached hydrogen (secondary N) is 1. The van der Waals surface area contributed by atoms with E-state index in [2.05, 4.69) is 9.97 Å². The Morgan fingerprint density at radius 2 is 2.28 bits per heavy atom. The van der Waals surface area contributed by atoms with Crippen LogP contribution in [0.3, 0.4) is 0 Å². The first-order valence-electron chi connectivity index (χ1n) is 5.70. The predicted molar refractivity (Wildman–Crippen MR) is 65.5 cm³/mol. The Hall–Kier alpha value is -1.50. The van der Waals surface area contributed by atoms with Gasteiger partial charge in [-0.3, -0.25) is 4.90 Å². The molecule has 0 saturated carbocycles. The number of benzene rings is 1. The minimum atomic E-state index is -0.767. The van der Waals surface area contributed by atoms with Crippen molar-refractivity contribution >= 4 is 11.0 Å². The van der Waals surface area contributed by atoms with Crippen LogP contribution in [0.15, 0.2) is 18.2 Å². The summed E-state index contributed by atoms with van der Waals surface area (Å²) in [6, 6.07) is 4.38. The Morgan fingerprint density at radius 3 is 3.00 bits per heavy atom. The van der Waals surface area contributed by atoms with Crippen LogP contribution >= 0.6 is 0 Å². The molecule has 0 amide bonds. The molecule has 1 heterocycles. The number of aromatic nitrogens is 2. The van der Waals surface area contributed by atoms with E-state index in [1.165, 1.54) is 12.1 Å². The number of hydrogen-bond donors (Lipinski definition) is 3. The fourth-order valence-corrected chi connectivity index (χ4v) is 1.85. The first-order valence-corrected chi connectivity index (χ1v) is 5.70. The number of nitrogens with zero attached hydrogens (tertiary/aromatic N) is 2. The average Bonchev–Trinajstić information content (AvgIpc) is 2.69. The van der Waals surface area contributed by atoms with E-state index >= 15 is 0 Å². The zero-order valence-electron chi connectivity index (χ0n) is 10.1.